The van der Waals surface area contributed by atoms with Gasteiger partial charge in [-0.2, -0.15) is 9.50 Å². The second kappa shape index (κ2) is 6.62. The van der Waals surface area contributed by atoms with Crippen molar-refractivity contribution in [2.45, 2.75) is 19.3 Å². The van der Waals surface area contributed by atoms with Gasteiger partial charge in [0.1, 0.15) is 5.82 Å². The summed E-state index contributed by atoms with van der Waals surface area (Å²) in [6.07, 6.45) is 4.88. The van der Waals surface area contributed by atoms with E-state index in [2.05, 4.69) is 45.1 Å². The summed E-state index contributed by atoms with van der Waals surface area (Å²) >= 11 is 0. The van der Waals surface area contributed by atoms with Gasteiger partial charge in [0.15, 0.2) is 5.76 Å². The number of benzene rings is 1. The molecule has 7 heteroatoms. The first-order valence-corrected chi connectivity index (χ1v) is 10.2. The average Bonchev–Trinajstić information content (AvgIpc) is 3.52. The van der Waals surface area contributed by atoms with Gasteiger partial charge < -0.3 is 14.2 Å². The Hall–Kier alpha value is -3.35. The SMILES string of the molecule is c1ccc(N2CCN(c3c4c(nc5nc(-c6ccco6)nn35)CCC4)CC2)cc1. The first-order chi connectivity index (χ1) is 14.4. The molecule has 4 heterocycles. The van der Waals surface area contributed by atoms with Crippen LogP contribution in [0.1, 0.15) is 17.7 Å². The Bertz CT molecular complexity index is 1140. The molecule has 0 N–H and O–H groups in total. The van der Waals surface area contributed by atoms with Crippen LogP contribution in [0.4, 0.5) is 11.5 Å². The molecule has 0 amide bonds. The van der Waals surface area contributed by atoms with Crippen molar-refractivity contribution in [3.63, 3.8) is 0 Å². The zero-order chi connectivity index (χ0) is 19.2. The van der Waals surface area contributed by atoms with Gasteiger partial charge in [-0.15, -0.1) is 5.10 Å². The summed E-state index contributed by atoms with van der Waals surface area (Å²) in [5, 5.41) is 4.78. The third-order valence-corrected chi connectivity index (χ3v) is 5.93. The third kappa shape index (κ3) is 2.76. The molecule has 0 spiro atoms. The Balaban J connectivity index is 1.38. The molecule has 1 saturated heterocycles. The number of fused-ring (bicyclic) bond motifs is 2. The summed E-state index contributed by atoms with van der Waals surface area (Å²) in [7, 11) is 0. The molecular weight excluding hydrogens is 364 g/mol. The number of aryl methyl sites for hydroxylation is 1. The minimum Gasteiger partial charge on any atom is -0.461 e. The number of piperazine rings is 1. The minimum absolute atomic E-state index is 0.593. The maximum absolute atomic E-state index is 5.51. The van der Waals surface area contributed by atoms with Crippen LogP contribution in [0.3, 0.4) is 0 Å². The number of para-hydroxylation sites is 1. The molecule has 29 heavy (non-hydrogen) atoms. The van der Waals surface area contributed by atoms with Crippen molar-refractivity contribution >= 4 is 17.3 Å². The maximum Gasteiger partial charge on any atom is 0.255 e. The monoisotopic (exact) mass is 386 g/mol. The molecule has 1 aliphatic heterocycles. The number of aromatic nitrogens is 4. The van der Waals surface area contributed by atoms with Crippen molar-refractivity contribution in [1.29, 1.82) is 0 Å². The number of furan rings is 1. The molecule has 4 aromatic rings. The van der Waals surface area contributed by atoms with E-state index in [1.807, 2.05) is 16.6 Å². The topological polar surface area (TPSA) is 62.7 Å². The van der Waals surface area contributed by atoms with E-state index in [4.69, 9.17) is 14.5 Å². The van der Waals surface area contributed by atoms with Crippen LogP contribution in [0.5, 0.6) is 0 Å². The Morgan fingerprint density at radius 3 is 2.45 bits per heavy atom. The van der Waals surface area contributed by atoms with Crippen molar-refractivity contribution in [1.82, 2.24) is 19.6 Å². The largest absolute Gasteiger partial charge is 0.461 e. The highest BCUT2D eigenvalue weighted by Crippen LogP contribution is 2.32. The highest BCUT2D eigenvalue weighted by atomic mass is 16.3. The molecule has 1 aromatic carbocycles. The number of nitrogens with zero attached hydrogens (tertiary/aromatic N) is 6. The average molecular weight is 386 g/mol. The second-order valence-electron chi connectivity index (χ2n) is 7.65. The number of rotatable bonds is 3. The quantitative estimate of drug-likeness (QED) is 0.539. The molecule has 0 unspecified atom stereocenters. The van der Waals surface area contributed by atoms with Gasteiger partial charge in [-0.3, -0.25) is 0 Å². The standard InChI is InChI=1S/C22H22N6O/c1-2-6-16(7-3-1)26-11-13-27(14-12-26)21-17-8-4-9-18(17)23-22-24-20(25-28(21)22)19-10-5-15-29-19/h1-3,5-7,10,15H,4,8-9,11-14H2. The van der Waals surface area contributed by atoms with E-state index in [-0.39, 0.29) is 0 Å². The molecule has 0 bridgehead atoms. The lowest BCUT2D eigenvalue weighted by Crippen LogP contribution is -2.47. The van der Waals surface area contributed by atoms with Gasteiger partial charge in [0.25, 0.3) is 5.78 Å². The van der Waals surface area contributed by atoms with Crippen LogP contribution >= 0.6 is 0 Å². The summed E-state index contributed by atoms with van der Waals surface area (Å²) in [5.41, 5.74) is 3.80. The van der Waals surface area contributed by atoms with E-state index in [0.717, 1.165) is 45.4 Å². The molecule has 6 rings (SSSR count). The van der Waals surface area contributed by atoms with E-state index in [0.29, 0.717) is 17.4 Å². The number of anilines is 2. The normalized spacial score (nSPS) is 16.6. The fraction of sp³-hybridized carbons (Fsp3) is 0.318. The van der Waals surface area contributed by atoms with Crippen LogP contribution in [0.25, 0.3) is 17.4 Å². The fourth-order valence-corrected chi connectivity index (χ4v) is 4.51. The lowest BCUT2D eigenvalue weighted by atomic mass is 10.2. The fourth-order valence-electron chi connectivity index (χ4n) is 4.51. The van der Waals surface area contributed by atoms with Crippen molar-refractivity contribution in [3.05, 3.63) is 60.0 Å². The zero-order valence-corrected chi connectivity index (χ0v) is 16.2. The van der Waals surface area contributed by atoms with Gasteiger partial charge in [-0.25, -0.2) is 4.98 Å². The summed E-state index contributed by atoms with van der Waals surface area (Å²) in [5.74, 6) is 3.10. The number of hydrogen-bond donors (Lipinski definition) is 0. The first kappa shape index (κ1) is 16.6. The molecule has 2 aliphatic rings. The molecular formula is C22H22N6O. The Morgan fingerprint density at radius 2 is 1.66 bits per heavy atom. The van der Waals surface area contributed by atoms with Crippen LogP contribution in [0.15, 0.2) is 53.1 Å². The number of hydrogen-bond acceptors (Lipinski definition) is 6. The highest BCUT2D eigenvalue weighted by Gasteiger charge is 2.28. The summed E-state index contributed by atoms with van der Waals surface area (Å²) in [6, 6.07) is 14.4. The smallest absolute Gasteiger partial charge is 0.255 e. The predicted molar refractivity (Wildman–Crippen MR) is 111 cm³/mol. The minimum atomic E-state index is 0.593. The van der Waals surface area contributed by atoms with Gasteiger partial charge in [-0.1, -0.05) is 18.2 Å². The molecule has 1 fully saturated rings. The van der Waals surface area contributed by atoms with Gasteiger partial charge in [0.2, 0.25) is 5.82 Å². The molecule has 1 aliphatic carbocycles. The van der Waals surface area contributed by atoms with E-state index in [1.165, 1.54) is 22.8 Å². The molecule has 146 valence electrons. The van der Waals surface area contributed by atoms with Crippen LogP contribution < -0.4 is 9.80 Å². The van der Waals surface area contributed by atoms with E-state index >= 15 is 0 Å². The molecule has 7 nitrogen and oxygen atoms in total. The van der Waals surface area contributed by atoms with E-state index in [9.17, 15) is 0 Å². The Kier molecular flexibility index (Phi) is 3.78. The second-order valence-corrected chi connectivity index (χ2v) is 7.65. The van der Waals surface area contributed by atoms with E-state index < -0.39 is 0 Å². The summed E-state index contributed by atoms with van der Waals surface area (Å²) in [4.78, 5) is 14.4. The lowest BCUT2D eigenvalue weighted by Gasteiger charge is -2.37. The van der Waals surface area contributed by atoms with Crippen molar-refractivity contribution in [2.75, 3.05) is 36.0 Å². The van der Waals surface area contributed by atoms with Gasteiger partial charge >= 0.3 is 0 Å². The van der Waals surface area contributed by atoms with Crippen molar-refractivity contribution in [2.24, 2.45) is 0 Å². The molecule has 0 saturated carbocycles. The van der Waals surface area contributed by atoms with Crippen LogP contribution in [0.2, 0.25) is 0 Å². The Morgan fingerprint density at radius 1 is 0.828 bits per heavy atom. The van der Waals surface area contributed by atoms with Gasteiger partial charge in [-0.05, 0) is 43.5 Å². The van der Waals surface area contributed by atoms with Crippen LogP contribution in [0, 0.1) is 0 Å². The third-order valence-electron chi connectivity index (χ3n) is 5.93. The molecule has 0 atom stereocenters. The Labute approximate surface area is 168 Å². The van der Waals surface area contributed by atoms with Gasteiger partial charge in [0, 0.05) is 37.4 Å². The predicted octanol–water partition coefficient (Wildman–Crippen LogP) is 3.20. The summed E-state index contributed by atoms with van der Waals surface area (Å²) < 4.78 is 7.44. The first-order valence-electron chi connectivity index (χ1n) is 10.2. The maximum atomic E-state index is 5.51. The lowest BCUT2D eigenvalue weighted by molar-refractivity contribution is 0.577. The van der Waals surface area contributed by atoms with E-state index in [1.54, 1.807) is 6.26 Å². The molecule has 0 radical (unpaired) electrons. The van der Waals surface area contributed by atoms with Gasteiger partial charge in [0.05, 0.1) is 12.0 Å². The van der Waals surface area contributed by atoms with Crippen molar-refractivity contribution < 1.29 is 4.42 Å². The molecule has 3 aromatic heterocycles. The van der Waals surface area contributed by atoms with Crippen LogP contribution in [-0.2, 0) is 12.8 Å². The zero-order valence-electron chi connectivity index (χ0n) is 16.2. The highest BCUT2D eigenvalue weighted by molar-refractivity contribution is 5.60. The van der Waals surface area contributed by atoms with Crippen LogP contribution in [-0.4, -0.2) is 45.8 Å². The van der Waals surface area contributed by atoms with Crippen molar-refractivity contribution in [3.8, 4) is 11.6 Å². The summed E-state index contributed by atoms with van der Waals surface area (Å²) in [6.45, 7) is 3.89.